The average molecular weight is 324 g/mol. The molecule has 1 fully saturated rings. The van der Waals surface area contributed by atoms with Gasteiger partial charge in [-0.2, -0.15) is 0 Å². The molecule has 3 heterocycles. The third-order valence-electron chi connectivity index (χ3n) is 4.45. The van der Waals surface area contributed by atoms with Crippen molar-refractivity contribution in [1.82, 2.24) is 19.0 Å². The molecule has 7 nitrogen and oxygen atoms in total. The van der Waals surface area contributed by atoms with E-state index in [1.165, 1.54) is 4.90 Å². The molecule has 0 aliphatic carbocycles. The lowest BCUT2D eigenvalue weighted by Gasteiger charge is -2.13. The van der Waals surface area contributed by atoms with E-state index in [0.29, 0.717) is 25.2 Å². The third-order valence-corrected chi connectivity index (χ3v) is 4.45. The monoisotopic (exact) mass is 324 g/mol. The minimum absolute atomic E-state index is 0.188. The molecule has 1 saturated heterocycles. The number of amides is 1. The zero-order chi connectivity index (χ0) is 16.7. The number of rotatable bonds is 2. The Morgan fingerprint density at radius 3 is 2.67 bits per heavy atom. The number of aromatic nitrogens is 3. The van der Waals surface area contributed by atoms with E-state index in [4.69, 9.17) is 5.11 Å². The molecule has 3 aromatic rings. The van der Waals surface area contributed by atoms with Gasteiger partial charge in [-0.1, -0.05) is 18.2 Å². The first-order chi connectivity index (χ1) is 11.7. The number of carboxylic acid groups (broad SMARTS) is 1. The Labute approximate surface area is 137 Å². The Morgan fingerprint density at radius 1 is 1.17 bits per heavy atom. The van der Waals surface area contributed by atoms with Gasteiger partial charge in [0.25, 0.3) is 0 Å². The van der Waals surface area contributed by atoms with Gasteiger partial charge in [-0.25, -0.2) is 14.6 Å². The fraction of sp³-hybridized carbons (Fsp3) is 0.235. The van der Waals surface area contributed by atoms with Gasteiger partial charge < -0.3 is 10.0 Å². The van der Waals surface area contributed by atoms with E-state index in [9.17, 15) is 9.59 Å². The molecule has 1 aromatic carbocycles. The molecule has 1 atom stereocenters. The predicted molar refractivity (Wildman–Crippen MR) is 88.6 cm³/mol. The van der Waals surface area contributed by atoms with Crippen LogP contribution >= 0.6 is 0 Å². The largest absolute Gasteiger partial charge is 0.465 e. The normalized spacial score (nSPS) is 17.5. The zero-order valence-corrected chi connectivity index (χ0v) is 12.9. The summed E-state index contributed by atoms with van der Waals surface area (Å²) in [7, 11) is 0. The van der Waals surface area contributed by atoms with Gasteiger partial charge in [0, 0.05) is 19.3 Å². The Kier molecular flexibility index (Phi) is 3.34. The second-order valence-corrected chi connectivity index (χ2v) is 5.84. The summed E-state index contributed by atoms with van der Waals surface area (Å²) in [5.74, 6) is 0. The number of likely N-dealkylation sites (tertiary alicyclic amines) is 1. The van der Waals surface area contributed by atoms with Crippen LogP contribution in [0.2, 0.25) is 0 Å². The Bertz CT molecular complexity index is 961. The molecule has 7 heteroatoms. The van der Waals surface area contributed by atoms with Crippen LogP contribution < -0.4 is 5.69 Å². The highest BCUT2D eigenvalue weighted by Crippen LogP contribution is 2.25. The van der Waals surface area contributed by atoms with Crippen LogP contribution in [0.25, 0.3) is 16.9 Å². The van der Waals surface area contributed by atoms with Crippen molar-refractivity contribution >= 4 is 17.3 Å². The Hall–Kier alpha value is -3.09. The molecule has 1 amide bonds. The van der Waals surface area contributed by atoms with Crippen molar-refractivity contribution in [2.24, 2.45) is 0 Å². The van der Waals surface area contributed by atoms with E-state index < -0.39 is 6.09 Å². The standard InChI is InChI=1S/C17H16N4O3/c22-16-20(12-5-2-1-3-6-12)14-7-4-9-18-15(14)21(16)13-8-10-19(11-13)17(23)24/h1-7,9,13H,8,10-11H2,(H,23,24). The highest BCUT2D eigenvalue weighted by Gasteiger charge is 2.30. The van der Waals surface area contributed by atoms with E-state index in [1.807, 2.05) is 36.4 Å². The number of para-hydroxylation sites is 1. The highest BCUT2D eigenvalue weighted by atomic mass is 16.4. The van der Waals surface area contributed by atoms with Crippen LogP contribution in [0, 0.1) is 0 Å². The van der Waals surface area contributed by atoms with Crippen LogP contribution in [0.5, 0.6) is 0 Å². The van der Waals surface area contributed by atoms with E-state index >= 15 is 0 Å². The first-order valence-corrected chi connectivity index (χ1v) is 7.78. The summed E-state index contributed by atoms with van der Waals surface area (Å²) in [6.07, 6.45) is 1.30. The summed E-state index contributed by atoms with van der Waals surface area (Å²) >= 11 is 0. The van der Waals surface area contributed by atoms with Gasteiger partial charge in [0.2, 0.25) is 0 Å². The maximum absolute atomic E-state index is 13.1. The topological polar surface area (TPSA) is 80.4 Å². The number of fused-ring (bicyclic) bond motifs is 1. The van der Waals surface area contributed by atoms with Gasteiger partial charge in [0.05, 0.1) is 17.2 Å². The lowest BCUT2D eigenvalue weighted by molar-refractivity contribution is 0.154. The lowest BCUT2D eigenvalue weighted by atomic mass is 10.2. The molecule has 122 valence electrons. The summed E-state index contributed by atoms with van der Waals surface area (Å²) in [4.78, 5) is 30.0. The molecular formula is C17H16N4O3. The van der Waals surface area contributed by atoms with E-state index in [2.05, 4.69) is 4.98 Å². The number of benzene rings is 1. The summed E-state index contributed by atoms with van der Waals surface area (Å²) < 4.78 is 3.26. The van der Waals surface area contributed by atoms with Crippen molar-refractivity contribution in [3.05, 3.63) is 59.1 Å². The number of hydrogen-bond donors (Lipinski definition) is 1. The van der Waals surface area contributed by atoms with Gasteiger partial charge in [0.1, 0.15) is 0 Å². The fourth-order valence-corrected chi connectivity index (χ4v) is 3.33. The second kappa shape index (κ2) is 5.52. The van der Waals surface area contributed by atoms with Gasteiger partial charge >= 0.3 is 11.8 Å². The van der Waals surface area contributed by atoms with Gasteiger partial charge in [-0.15, -0.1) is 0 Å². The fourth-order valence-electron chi connectivity index (χ4n) is 3.33. The second-order valence-electron chi connectivity index (χ2n) is 5.84. The van der Waals surface area contributed by atoms with Crippen LogP contribution in [0.15, 0.2) is 53.5 Å². The number of carbonyl (C=O) groups is 1. The summed E-state index contributed by atoms with van der Waals surface area (Å²) in [5, 5.41) is 9.16. The maximum atomic E-state index is 13.1. The predicted octanol–water partition coefficient (Wildman–Crippen LogP) is 2.11. The highest BCUT2D eigenvalue weighted by molar-refractivity contribution is 5.74. The van der Waals surface area contributed by atoms with E-state index in [-0.39, 0.29) is 11.7 Å². The van der Waals surface area contributed by atoms with E-state index in [1.54, 1.807) is 21.4 Å². The quantitative estimate of drug-likeness (QED) is 0.783. The SMILES string of the molecule is O=C(O)N1CCC(n2c(=O)n(-c3ccccc3)c3cccnc32)C1. The van der Waals surface area contributed by atoms with Crippen molar-refractivity contribution in [2.75, 3.05) is 13.1 Å². The van der Waals surface area contributed by atoms with Crippen LogP contribution in [0.4, 0.5) is 4.79 Å². The maximum Gasteiger partial charge on any atom is 0.407 e. The Morgan fingerprint density at radius 2 is 1.96 bits per heavy atom. The molecule has 0 bridgehead atoms. The first-order valence-electron chi connectivity index (χ1n) is 7.78. The van der Waals surface area contributed by atoms with Crippen LogP contribution in [-0.4, -0.2) is 43.3 Å². The molecule has 4 rings (SSSR count). The number of nitrogens with zero attached hydrogens (tertiary/aromatic N) is 4. The number of pyridine rings is 1. The summed E-state index contributed by atoms with van der Waals surface area (Å²) in [5.41, 5.74) is 1.89. The van der Waals surface area contributed by atoms with Crippen molar-refractivity contribution in [2.45, 2.75) is 12.5 Å². The number of imidazole rings is 1. The smallest absolute Gasteiger partial charge is 0.407 e. The first kappa shape index (κ1) is 14.5. The molecular weight excluding hydrogens is 308 g/mol. The third kappa shape index (κ3) is 2.17. The lowest BCUT2D eigenvalue weighted by Crippen LogP contribution is -2.31. The van der Waals surface area contributed by atoms with Gasteiger partial charge in [0.15, 0.2) is 5.65 Å². The molecule has 24 heavy (non-hydrogen) atoms. The van der Waals surface area contributed by atoms with Crippen molar-refractivity contribution in [3.8, 4) is 5.69 Å². The number of hydrogen-bond acceptors (Lipinski definition) is 3. The van der Waals surface area contributed by atoms with Gasteiger partial charge in [-0.3, -0.25) is 9.13 Å². The molecule has 1 unspecified atom stereocenters. The molecule has 0 saturated carbocycles. The average Bonchev–Trinajstić information content (AvgIpc) is 3.17. The summed E-state index contributed by atoms with van der Waals surface area (Å²) in [6.45, 7) is 0.733. The van der Waals surface area contributed by atoms with Crippen LogP contribution in [0.1, 0.15) is 12.5 Å². The molecule has 1 N–H and O–H groups in total. The van der Waals surface area contributed by atoms with Crippen molar-refractivity contribution < 1.29 is 9.90 Å². The molecule has 2 aromatic heterocycles. The van der Waals surface area contributed by atoms with E-state index in [0.717, 1.165) is 11.2 Å². The molecule has 1 aliphatic heterocycles. The zero-order valence-electron chi connectivity index (χ0n) is 12.9. The molecule has 1 aliphatic rings. The molecule has 0 spiro atoms. The molecule has 0 radical (unpaired) electrons. The summed E-state index contributed by atoms with van der Waals surface area (Å²) in [6, 6.07) is 12.9. The van der Waals surface area contributed by atoms with Gasteiger partial charge in [-0.05, 0) is 30.7 Å². The Balaban J connectivity index is 1.90. The minimum atomic E-state index is -0.953. The van der Waals surface area contributed by atoms with Crippen LogP contribution in [0.3, 0.4) is 0 Å². The van der Waals surface area contributed by atoms with Crippen LogP contribution in [-0.2, 0) is 0 Å². The van der Waals surface area contributed by atoms with Crippen molar-refractivity contribution in [3.63, 3.8) is 0 Å². The minimum Gasteiger partial charge on any atom is -0.465 e. The van der Waals surface area contributed by atoms with Crippen molar-refractivity contribution in [1.29, 1.82) is 0 Å².